The van der Waals surface area contributed by atoms with Crippen LogP contribution in [0.3, 0.4) is 0 Å². The monoisotopic (exact) mass is 353 g/mol. The summed E-state index contributed by atoms with van der Waals surface area (Å²) < 4.78 is 25.2. The highest BCUT2D eigenvalue weighted by Gasteiger charge is 2.13. The van der Waals surface area contributed by atoms with E-state index in [0.29, 0.717) is 17.8 Å². The fourth-order valence-corrected chi connectivity index (χ4v) is 3.51. The first-order valence-corrected chi connectivity index (χ1v) is 10.4. The molecule has 0 aliphatic carbocycles. The molecule has 1 aliphatic heterocycles. The van der Waals surface area contributed by atoms with Crippen molar-refractivity contribution in [3.8, 4) is 0 Å². The van der Waals surface area contributed by atoms with Crippen LogP contribution in [0.25, 0.3) is 0 Å². The quantitative estimate of drug-likeness (QED) is 0.736. The van der Waals surface area contributed by atoms with Crippen molar-refractivity contribution in [3.05, 3.63) is 29.8 Å². The fourth-order valence-electron chi connectivity index (χ4n) is 2.93. The van der Waals surface area contributed by atoms with E-state index < -0.39 is 10.0 Å². The molecule has 0 bridgehead atoms. The Bertz CT molecular complexity index is 638. The van der Waals surface area contributed by atoms with Crippen molar-refractivity contribution in [2.45, 2.75) is 32.1 Å². The van der Waals surface area contributed by atoms with Gasteiger partial charge in [0, 0.05) is 6.54 Å². The Labute approximate surface area is 144 Å². The van der Waals surface area contributed by atoms with E-state index in [-0.39, 0.29) is 5.91 Å². The first-order valence-electron chi connectivity index (χ1n) is 8.53. The minimum absolute atomic E-state index is 0.252. The van der Waals surface area contributed by atoms with Crippen LogP contribution in [0.15, 0.2) is 24.3 Å². The summed E-state index contributed by atoms with van der Waals surface area (Å²) in [4.78, 5) is 14.8. The number of amides is 1. The van der Waals surface area contributed by atoms with Crippen LogP contribution in [0, 0.1) is 0 Å². The summed E-state index contributed by atoms with van der Waals surface area (Å²) in [5.41, 5.74) is 0.655. The molecule has 0 spiro atoms. The van der Waals surface area contributed by atoms with E-state index in [1.165, 1.54) is 25.7 Å². The van der Waals surface area contributed by atoms with Crippen molar-refractivity contribution in [1.82, 2.24) is 10.2 Å². The maximum absolute atomic E-state index is 12.3. The summed E-state index contributed by atoms with van der Waals surface area (Å²) in [6.45, 7) is 3.87. The first-order chi connectivity index (χ1) is 11.5. The van der Waals surface area contributed by atoms with Crippen molar-refractivity contribution in [3.63, 3.8) is 0 Å². The molecule has 2 rings (SSSR count). The molecule has 1 fully saturated rings. The SMILES string of the molecule is CS(=O)(=O)Nc1ccccc1C(=O)NCCCN1CCCCCC1. The highest BCUT2D eigenvalue weighted by atomic mass is 32.2. The molecule has 0 radical (unpaired) electrons. The number of rotatable bonds is 7. The molecule has 1 aromatic rings. The van der Waals surface area contributed by atoms with Crippen LogP contribution in [0.4, 0.5) is 5.69 Å². The third kappa shape index (κ3) is 6.49. The molecule has 6 nitrogen and oxygen atoms in total. The lowest BCUT2D eigenvalue weighted by Crippen LogP contribution is -2.31. The van der Waals surface area contributed by atoms with E-state index >= 15 is 0 Å². The predicted molar refractivity (Wildman–Crippen MR) is 96.8 cm³/mol. The largest absolute Gasteiger partial charge is 0.352 e. The van der Waals surface area contributed by atoms with Crippen LogP contribution < -0.4 is 10.0 Å². The standard InChI is InChI=1S/C17H27N3O3S/c1-24(22,23)19-16-10-5-4-9-15(16)17(21)18-11-8-14-20-12-6-2-3-7-13-20/h4-5,9-10,19H,2-3,6-8,11-14H2,1H3,(H,18,21). The van der Waals surface area contributed by atoms with Gasteiger partial charge in [-0.1, -0.05) is 25.0 Å². The van der Waals surface area contributed by atoms with E-state index in [2.05, 4.69) is 14.9 Å². The Kier molecular flexibility index (Phi) is 7.05. The minimum Gasteiger partial charge on any atom is -0.352 e. The number of nitrogens with zero attached hydrogens (tertiary/aromatic N) is 1. The van der Waals surface area contributed by atoms with Gasteiger partial charge in [0.2, 0.25) is 10.0 Å². The fraction of sp³-hybridized carbons (Fsp3) is 0.588. The Morgan fingerprint density at radius 1 is 1.12 bits per heavy atom. The third-order valence-electron chi connectivity index (χ3n) is 4.10. The minimum atomic E-state index is -3.41. The third-order valence-corrected chi connectivity index (χ3v) is 4.69. The number of para-hydroxylation sites is 1. The summed E-state index contributed by atoms with van der Waals surface area (Å²) in [5.74, 6) is -0.252. The van der Waals surface area contributed by atoms with Gasteiger partial charge in [-0.3, -0.25) is 9.52 Å². The molecule has 0 atom stereocenters. The van der Waals surface area contributed by atoms with Crippen LogP contribution >= 0.6 is 0 Å². The average Bonchev–Trinajstić information content (AvgIpc) is 2.79. The smallest absolute Gasteiger partial charge is 0.253 e. The van der Waals surface area contributed by atoms with Crippen LogP contribution in [-0.4, -0.2) is 51.7 Å². The van der Waals surface area contributed by atoms with Gasteiger partial charge in [-0.25, -0.2) is 8.42 Å². The van der Waals surface area contributed by atoms with Gasteiger partial charge in [0.15, 0.2) is 0 Å². The van der Waals surface area contributed by atoms with Gasteiger partial charge in [0.05, 0.1) is 17.5 Å². The van der Waals surface area contributed by atoms with Crippen molar-refractivity contribution >= 4 is 21.6 Å². The van der Waals surface area contributed by atoms with Crippen molar-refractivity contribution in [2.24, 2.45) is 0 Å². The summed E-state index contributed by atoms with van der Waals surface area (Å²) >= 11 is 0. The molecular formula is C17H27N3O3S. The average molecular weight is 353 g/mol. The lowest BCUT2D eigenvalue weighted by molar-refractivity contribution is 0.0952. The maximum Gasteiger partial charge on any atom is 0.253 e. The van der Waals surface area contributed by atoms with E-state index in [9.17, 15) is 13.2 Å². The molecule has 0 saturated carbocycles. The van der Waals surface area contributed by atoms with Gasteiger partial charge in [-0.2, -0.15) is 0 Å². The molecular weight excluding hydrogens is 326 g/mol. The van der Waals surface area contributed by atoms with Gasteiger partial charge in [0.1, 0.15) is 0 Å². The lowest BCUT2D eigenvalue weighted by Gasteiger charge is -2.19. The lowest BCUT2D eigenvalue weighted by atomic mass is 10.1. The number of anilines is 1. The van der Waals surface area contributed by atoms with Gasteiger partial charge >= 0.3 is 0 Å². The molecule has 0 unspecified atom stereocenters. The zero-order valence-corrected chi connectivity index (χ0v) is 15.1. The zero-order valence-electron chi connectivity index (χ0n) is 14.3. The first kappa shape index (κ1) is 18.7. The predicted octanol–water partition coefficient (Wildman–Crippen LogP) is 2.05. The van der Waals surface area contributed by atoms with Crippen molar-refractivity contribution in [1.29, 1.82) is 0 Å². The Balaban J connectivity index is 1.82. The molecule has 1 heterocycles. The molecule has 1 saturated heterocycles. The summed E-state index contributed by atoms with van der Waals surface area (Å²) in [5, 5.41) is 2.88. The number of hydrogen-bond acceptors (Lipinski definition) is 4. The number of hydrogen-bond donors (Lipinski definition) is 2. The summed E-state index contributed by atoms with van der Waals surface area (Å²) in [7, 11) is -3.41. The van der Waals surface area contributed by atoms with E-state index in [0.717, 1.165) is 32.3 Å². The molecule has 134 valence electrons. The Hall–Kier alpha value is -1.60. The van der Waals surface area contributed by atoms with E-state index in [1.807, 2.05) is 0 Å². The molecule has 1 aromatic carbocycles. The van der Waals surface area contributed by atoms with Gasteiger partial charge < -0.3 is 10.2 Å². The summed E-state index contributed by atoms with van der Waals surface area (Å²) in [6.07, 6.45) is 7.12. The normalized spacial score (nSPS) is 16.4. The van der Waals surface area contributed by atoms with Crippen molar-refractivity contribution in [2.75, 3.05) is 37.2 Å². The van der Waals surface area contributed by atoms with Gasteiger partial charge in [-0.15, -0.1) is 0 Å². The highest BCUT2D eigenvalue weighted by Crippen LogP contribution is 2.16. The second kappa shape index (κ2) is 9.03. The molecule has 2 N–H and O–H groups in total. The van der Waals surface area contributed by atoms with Gasteiger partial charge in [-0.05, 0) is 51.0 Å². The second-order valence-corrected chi connectivity index (χ2v) is 8.03. The van der Waals surface area contributed by atoms with Crippen LogP contribution in [0.1, 0.15) is 42.5 Å². The number of benzene rings is 1. The van der Waals surface area contributed by atoms with Crippen LogP contribution in [-0.2, 0) is 10.0 Å². The molecule has 7 heteroatoms. The molecule has 24 heavy (non-hydrogen) atoms. The number of likely N-dealkylation sites (tertiary alicyclic amines) is 1. The number of carbonyl (C=O) groups excluding carboxylic acids is 1. The second-order valence-electron chi connectivity index (χ2n) is 6.29. The molecule has 0 aromatic heterocycles. The Morgan fingerprint density at radius 2 is 1.79 bits per heavy atom. The summed E-state index contributed by atoms with van der Waals surface area (Å²) in [6, 6.07) is 6.63. The molecule has 1 aliphatic rings. The Morgan fingerprint density at radius 3 is 2.46 bits per heavy atom. The van der Waals surface area contributed by atoms with E-state index in [4.69, 9.17) is 0 Å². The maximum atomic E-state index is 12.3. The number of sulfonamides is 1. The molecule has 1 amide bonds. The van der Waals surface area contributed by atoms with Gasteiger partial charge in [0.25, 0.3) is 5.91 Å². The highest BCUT2D eigenvalue weighted by molar-refractivity contribution is 7.92. The number of nitrogens with one attached hydrogen (secondary N) is 2. The van der Waals surface area contributed by atoms with Crippen molar-refractivity contribution < 1.29 is 13.2 Å². The topological polar surface area (TPSA) is 78.5 Å². The number of carbonyl (C=O) groups is 1. The van der Waals surface area contributed by atoms with E-state index in [1.54, 1.807) is 24.3 Å². The zero-order chi connectivity index (χ0) is 17.4. The van der Waals surface area contributed by atoms with Crippen LogP contribution in [0.2, 0.25) is 0 Å². The van der Waals surface area contributed by atoms with Crippen LogP contribution in [0.5, 0.6) is 0 Å².